The zero-order valence-electron chi connectivity index (χ0n) is 13.1. The molecule has 0 unspecified atom stereocenters. The normalized spacial score (nSPS) is 16.5. The molecule has 0 aliphatic carbocycles. The van der Waals surface area contributed by atoms with Crippen molar-refractivity contribution in [2.75, 3.05) is 38.2 Å². The second-order valence-electron chi connectivity index (χ2n) is 5.27. The lowest BCUT2D eigenvalue weighted by molar-refractivity contribution is 0.179. The number of piperazine rings is 1. The molecule has 1 fully saturated rings. The van der Waals surface area contributed by atoms with Crippen LogP contribution in [-0.4, -0.2) is 55.4 Å². The molecule has 0 saturated carbocycles. The molecule has 0 radical (unpaired) electrons. The number of methoxy groups -OCH3 is 1. The summed E-state index contributed by atoms with van der Waals surface area (Å²) in [5, 5.41) is 1.31. The Kier molecular flexibility index (Phi) is 5.36. The van der Waals surface area contributed by atoms with Crippen molar-refractivity contribution in [2.24, 2.45) is 0 Å². The quantitative estimate of drug-likeness (QED) is 0.778. The molecule has 24 heavy (non-hydrogen) atoms. The molecule has 1 saturated heterocycles. The maximum absolute atomic E-state index is 12.7. The molecule has 0 amide bonds. The fourth-order valence-corrected chi connectivity index (χ4v) is 4.71. The van der Waals surface area contributed by atoms with E-state index < -0.39 is 10.0 Å². The number of halogens is 1. The average Bonchev–Trinajstić information content (AvgIpc) is 3.04. The standard InChI is InChI=1S/C14H17ClN4O3S2/c1-22-10-13-16-14(23-17-13)18-6-8-19(9-7-18)24(20,21)12-4-2-11(15)3-5-12/h2-5H,6-10H2,1H3. The molecule has 130 valence electrons. The van der Waals surface area contributed by atoms with Crippen molar-refractivity contribution in [1.29, 1.82) is 0 Å². The summed E-state index contributed by atoms with van der Waals surface area (Å²) in [4.78, 5) is 6.71. The van der Waals surface area contributed by atoms with Gasteiger partial charge in [0.25, 0.3) is 0 Å². The first kappa shape index (κ1) is 17.6. The van der Waals surface area contributed by atoms with Gasteiger partial charge < -0.3 is 9.64 Å². The van der Waals surface area contributed by atoms with Gasteiger partial charge >= 0.3 is 0 Å². The van der Waals surface area contributed by atoms with Gasteiger partial charge in [0.05, 0.1) is 4.90 Å². The smallest absolute Gasteiger partial charge is 0.243 e. The Hall–Kier alpha value is -1.26. The van der Waals surface area contributed by atoms with Gasteiger partial charge in [-0.3, -0.25) is 0 Å². The fourth-order valence-electron chi connectivity index (χ4n) is 2.44. The first-order valence-electron chi connectivity index (χ1n) is 7.33. The van der Waals surface area contributed by atoms with Gasteiger partial charge in [-0.1, -0.05) is 11.6 Å². The van der Waals surface area contributed by atoms with Crippen molar-refractivity contribution in [3.8, 4) is 0 Å². The summed E-state index contributed by atoms with van der Waals surface area (Å²) in [6.07, 6.45) is 0. The summed E-state index contributed by atoms with van der Waals surface area (Å²) in [5.41, 5.74) is 0. The second kappa shape index (κ2) is 7.32. The molecule has 1 aliphatic rings. The van der Waals surface area contributed by atoms with E-state index in [9.17, 15) is 8.42 Å². The third kappa shape index (κ3) is 3.70. The largest absolute Gasteiger partial charge is 0.377 e. The Balaban J connectivity index is 1.66. The van der Waals surface area contributed by atoms with Crippen LogP contribution in [0.15, 0.2) is 29.2 Å². The van der Waals surface area contributed by atoms with Crippen LogP contribution in [0, 0.1) is 0 Å². The lowest BCUT2D eigenvalue weighted by Crippen LogP contribution is -2.48. The van der Waals surface area contributed by atoms with Gasteiger partial charge in [0, 0.05) is 49.8 Å². The number of anilines is 1. The summed E-state index contributed by atoms with van der Waals surface area (Å²) < 4.78 is 36.0. The van der Waals surface area contributed by atoms with Crippen LogP contribution in [0.25, 0.3) is 0 Å². The number of rotatable bonds is 5. The minimum absolute atomic E-state index is 0.263. The average molecular weight is 389 g/mol. The predicted molar refractivity (Wildman–Crippen MR) is 93.0 cm³/mol. The van der Waals surface area contributed by atoms with Gasteiger partial charge in [0.1, 0.15) is 6.61 Å². The number of benzene rings is 1. The molecule has 0 bridgehead atoms. The highest BCUT2D eigenvalue weighted by Crippen LogP contribution is 2.23. The maximum Gasteiger partial charge on any atom is 0.243 e. The number of hydrogen-bond acceptors (Lipinski definition) is 7. The van der Waals surface area contributed by atoms with E-state index >= 15 is 0 Å². The second-order valence-corrected chi connectivity index (χ2v) is 8.38. The Morgan fingerprint density at radius 3 is 2.50 bits per heavy atom. The van der Waals surface area contributed by atoms with Crippen molar-refractivity contribution < 1.29 is 13.2 Å². The summed E-state index contributed by atoms with van der Waals surface area (Å²) in [6, 6.07) is 6.24. The van der Waals surface area contributed by atoms with Gasteiger partial charge in [-0.2, -0.15) is 8.68 Å². The van der Waals surface area contributed by atoms with E-state index in [1.54, 1.807) is 19.2 Å². The van der Waals surface area contributed by atoms with Crippen LogP contribution in [0.2, 0.25) is 5.02 Å². The molecule has 7 nitrogen and oxygen atoms in total. The van der Waals surface area contributed by atoms with E-state index in [1.165, 1.54) is 28.0 Å². The van der Waals surface area contributed by atoms with E-state index in [4.69, 9.17) is 16.3 Å². The number of ether oxygens (including phenoxy) is 1. The summed E-state index contributed by atoms with van der Waals surface area (Å²) in [5.74, 6) is 0.647. The lowest BCUT2D eigenvalue weighted by Gasteiger charge is -2.33. The lowest BCUT2D eigenvalue weighted by atomic mass is 10.4. The summed E-state index contributed by atoms with van der Waals surface area (Å²) in [7, 11) is -1.89. The number of sulfonamides is 1. The van der Waals surface area contributed by atoms with Gasteiger partial charge in [-0.25, -0.2) is 13.4 Å². The van der Waals surface area contributed by atoms with E-state index in [0.29, 0.717) is 43.6 Å². The molecular weight excluding hydrogens is 372 g/mol. The third-order valence-electron chi connectivity index (χ3n) is 3.69. The Labute approximate surface area is 150 Å². The highest BCUT2D eigenvalue weighted by Gasteiger charge is 2.29. The van der Waals surface area contributed by atoms with E-state index in [0.717, 1.165) is 5.13 Å². The van der Waals surface area contributed by atoms with Crippen LogP contribution >= 0.6 is 23.1 Å². The topological polar surface area (TPSA) is 75.6 Å². The van der Waals surface area contributed by atoms with E-state index in [1.807, 2.05) is 4.90 Å². The maximum atomic E-state index is 12.7. The van der Waals surface area contributed by atoms with Crippen LogP contribution in [0.3, 0.4) is 0 Å². The molecule has 3 rings (SSSR count). The van der Waals surface area contributed by atoms with Gasteiger partial charge in [0.15, 0.2) is 5.82 Å². The molecule has 1 aromatic carbocycles. The molecule has 2 heterocycles. The molecule has 0 spiro atoms. The zero-order chi connectivity index (χ0) is 17.2. The molecular formula is C14H17ClN4O3S2. The third-order valence-corrected chi connectivity index (χ3v) is 6.67. The number of hydrogen-bond donors (Lipinski definition) is 0. The Bertz CT molecular complexity index is 787. The molecule has 1 aromatic heterocycles. The van der Waals surface area contributed by atoms with Gasteiger partial charge in [-0.15, -0.1) is 0 Å². The SMILES string of the molecule is COCc1nsc(N2CCN(S(=O)(=O)c3ccc(Cl)cc3)CC2)n1. The summed E-state index contributed by atoms with van der Waals surface area (Å²) in [6.45, 7) is 2.35. The molecule has 10 heteroatoms. The fraction of sp³-hybridized carbons (Fsp3) is 0.429. The molecule has 0 atom stereocenters. The van der Waals surface area contributed by atoms with Crippen molar-refractivity contribution in [2.45, 2.75) is 11.5 Å². The minimum Gasteiger partial charge on any atom is -0.377 e. The predicted octanol–water partition coefficient (Wildman–Crippen LogP) is 1.85. The summed E-state index contributed by atoms with van der Waals surface area (Å²) >= 11 is 7.13. The van der Waals surface area contributed by atoms with Gasteiger partial charge in [0.2, 0.25) is 15.2 Å². The first-order valence-corrected chi connectivity index (χ1v) is 9.92. The van der Waals surface area contributed by atoms with Crippen molar-refractivity contribution in [1.82, 2.24) is 13.7 Å². The monoisotopic (exact) mass is 388 g/mol. The Morgan fingerprint density at radius 1 is 1.21 bits per heavy atom. The van der Waals surface area contributed by atoms with Gasteiger partial charge in [-0.05, 0) is 24.3 Å². The minimum atomic E-state index is -3.49. The van der Waals surface area contributed by atoms with Crippen LogP contribution in [0.5, 0.6) is 0 Å². The number of nitrogens with zero attached hydrogens (tertiary/aromatic N) is 4. The highest BCUT2D eigenvalue weighted by molar-refractivity contribution is 7.89. The van der Waals surface area contributed by atoms with E-state index in [2.05, 4.69) is 9.36 Å². The van der Waals surface area contributed by atoms with Crippen LogP contribution in [-0.2, 0) is 21.4 Å². The van der Waals surface area contributed by atoms with Crippen LogP contribution in [0.1, 0.15) is 5.82 Å². The Morgan fingerprint density at radius 2 is 1.88 bits per heavy atom. The van der Waals surface area contributed by atoms with Crippen molar-refractivity contribution in [3.05, 3.63) is 35.1 Å². The van der Waals surface area contributed by atoms with Crippen molar-refractivity contribution in [3.63, 3.8) is 0 Å². The van der Waals surface area contributed by atoms with Crippen LogP contribution in [0.4, 0.5) is 5.13 Å². The molecule has 1 aliphatic heterocycles. The first-order chi connectivity index (χ1) is 11.5. The number of aromatic nitrogens is 2. The van der Waals surface area contributed by atoms with E-state index in [-0.39, 0.29) is 4.90 Å². The van der Waals surface area contributed by atoms with Crippen LogP contribution < -0.4 is 4.90 Å². The molecule has 0 N–H and O–H groups in total. The highest BCUT2D eigenvalue weighted by atomic mass is 35.5. The van der Waals surface area contributed by atoms with Crippen molar-refractivity contribution >= 4 is 38.3 Å². The molecule has 2 aromatic rings. The zero-order valence-corrected chi connectivity index (χ0v) is 15.4.